The van der Waals surface area contributed by atoms with Crippen molar-refractivity contribution >= 4 is 40.8 Å². The Kier molecular flexibility index (Phi) is 9.14. The highest BCUT2D eigenvalue weighted by Gasteiger charge is 2.19. The summed E-state index contributed by atoms with van der Waals surface area (Å²) in [6.45, 7) is 0. The molecule has 2 rings (SSSR count). The maximum absolute atomic E-state index is 9.29. The lowest BCUT2D eigenvalue weighted by Gasteiger charge is -2.31. The number of hydrogen-bond acceptors (Lipinski definition) is 4. The lowest BCUT2D eigenvalue weighted by Crippen LogP contribution is -2.25. The van der Waals surface area contributed by atoms with Gasteiger partial charge in [0.2, 0.25) is 0 Å². The Hall–Kier alpha value is -2.75. The van der Waals surface area contributed by atoms with Crippen LogP contribution in [0.15, 0.2) is 48.5 Å². The van der Waals surface area contributed by atoms with Crippen LogP contribution in [0.4, 0.5) is 5.69 Å². The normalized spacial score (nSPS) is 10.7. The van der Waals surface area contributed by atoms with Gasteiger partial charge in [-0.3, -0.25) is 0 Å². The summed E-state index contributed by atoms with van der Waals surface area (Å²) in [7, 11) is 1.97. The van der Waals surface area contributed by atoms with E-state index in [4.69, 9.17) is 43.0 Å². The summed E-state index contributed by atoms with van der Waals surface area (Å²) in [5.41, 5.74) is 2.60. The molecule has 2 aromatic rings. The van der Waals surface area contributed by atoms with Gasteiger partial charge in [-0.25, -0.2) is 9.59 Å². The van der Waals surface area contributed by atoms with Gasteiger partial charge in [-0.05, 0) is 30.2 Å². The van der Waals surface area contributed by atoms with Crippen LogP contribution in [0, 0.1) is 11.3 Å². The van der Waals surface area contributed by atoms with Gasteiger partial charge in [-0.15, -0.1) is 11.6 Å². The number of aliphatic carboxylic acids is 2. The number of halogens is 2. The molecule has 8 heteroatoms. The molecular weight excluding hydrogens is 391 g/mol. The van der Waals surface area contributed by atoms with Gasteiger partial charge in [-0.1, -0.05) is 41.9 Å². The first-order chi connectivity index (χ1) is 12.8. The van der Waals surface area contributed by atoms with E-state index in [-0.39, 0.29) is 6.04 Å². The molecule has 2 N–H and O–H groups in total. The van der Waals surface area contributed by atoms with Crippen LogP contribution in [0.3, 0.4) is 0 Å². The van der Waals surface area contributed by atoms with Crippen molar-refractivity contribution in [1.82, 2.24) is 0 Å². The Morgan fingerprint density at radius 2 is 1.74 bits per heavy atom. The minimum absolute atomic E-state index is 0.106. The zero-order valence-electron chi connectivity index (χ0n) is 14.5. The van der Waals surface area contributed by atoms with Gasteiger partial charge in [0.1, 0.15) is 6.07 Å². The molecular formula is C19H18Cl2N2O4. The molecule has 0 aliphatic carbocycles. The van der Waals surface area contributed by atoms with Crippen molar-refractivity contribution in [3.63, 3.8) is 0 Å². The van der Waals surface area contributed by atoms with Crippen LogP contribution in [-0.4, -0.2) is 35.1 Å². The Balaban J connectivity index is 0.000000527. The first kappa shape index (κ1) is 22.3. The fourth-order valence-corrected chi connectivity index (χ4v) is 2.79. The second kappa shape index (κ2) is 11.1. The molecule has 0 saturated heterocycles. The Morgan fingerprint density at radius 3 is 2.22 bits per heavy atom. The van der Waals surface area contributed by atoms with Crippen molar-refractivity contribution < 1.29 is 19.8 Å². The third-order valence-corrected chi connectivity index (χ3v) is 4.13. The molecule has 27 heavy (non-hydrogen) atoms. The van der Waals surface area contributed by atoms with Crippen molar-refractivity contribution in [3.05, 3.63) is 64.7 Å². The number of nitriles is 1. The standard InChI is InChI=1S/C17H16Cl2N2.C2H2O4/c1-21(17-11-15(19)8-7-14(17)12-20)16(9-10-18)13-5-3-2-4-6-13;3-1(4)2(5)6/h2-8,11,16H,9-10H2,1H3;(H,3,4)(H,5,6). The minimum atomic E-state index is -1.82. The molecule has 1 unspecified atom stereocenters. The van der Waals surface area contributed by atoms with Gasteiger partial charge >= 0.3 is 11.9 Å². The molecule has 0 spiro atoms. The second-order valence-electron chi connectivity index (χ2n) is 5.40. The summed E-state index contributed by atoms with van der Waals surface area (Å²) in [6.07, 6.45) is 0.791. The predicted molar refractivity (Wildman–Crippen MR) is 104 cm³/mol. The van der Waals surface area contributed by atoms with Crippen LogP contribution in [0.25, 0.3) is 0 Å². The van der Waals surface area contributed by atoms with Gasteiger partial charge in [0, 0.05) is 18.0 Å². The molecule has 6 nitrogen and oxygen atoms in total. The number of carboxylic acids is 2. The smallest absolute Gasteiger partial charge is 0.414 e. The third-order valence-electron chi connectivity index (χ3n) is 3.68. The van der Waals surface area contributed by atoms with Gasteiger partial charge < -0.3 is 15.1 Å². The number of carboxylic acid groups (broad SMARTS) is 2. The highest BCUT2D eigenvalue weighted by atomic mass is 35.5. The number of nitrogens with zero attached hydrogens (tertiary/aromatic N) is 2. The van der Waals surface area contributed by atoms with Gasteiger partial charge in [-0.2, -0.15) is 5.26 Å². The van der Waals surface area contributed by atoms with Crippen molar-refractivity contribution in [2.45, 2.75) is 12.5 Å². The number of anilines is 1. The molecule has 0 fully saturated rings. The fraction of sp³-hybridized carbons (Fsp3) is 0.211. The van der Waals surface area contributed by atoms with Crippen LogP contribution >= 0.6 is 23.2 Å². The Morgan fingerprint density at radius 1 is 1.15 bits per heavy atom. The van der Waals surface area contributed by atoms with Crippen molar-refractivity contribution in [2.24, 2.45) is 0 Å². The molecule has 0 amide bonds. The Bertz CT molecular complexity index is 810. The SMILES string of the molecule is CN(c1cc(Cl)ccc1C#N)C(CCCl)c1ccccc1.O=C(O)C(=O)O. The van der Waals surface area contributed by atoms with Crippen LogP contribution < -0.4 is 4.90 Å². The number of benzene rings is 2. The lowest BCUT2D eigenvalue weighted by molar-refractivity contribution is -0.159. The largest absolute Gasteiger partial charge is 0.473 e. The van der Waals surface area contributed by atoms with Gasteiger partial charge in [0.25, 0.3) is 0 Å². The van der Waals surface area contributed by atoms with E-state index in [1.165, 1.54) is 5.56 Å². The first-order valence-corrected chi connectivity index (χ1v) is 8.72. The maximum Gasteiger partial charge on any atom is 0.414 e. The van der Waals surface area contributed by atoms with E-state index < -0.39 is 11.9 Å². The van der Waals surface area contributed by atoms with Crippen LogP contribution in [0.2, 0.25) is 5.02 Å². The number of alkyl halides is 1. The minimum Gasteiger partial charge on any atom is -0.473 e. The number of carbonyl (C=O) groups is 2. The zero-order chi connectivity index (χ0) is 20.4. The molecule has 1 atom stereocenters. The lowest BCUT2D eigenvalue weighted by atomic mass is 10.0. The van der Waals surface area contributed by atoms with E-state index in [1.807, 2.05) is 31.3 Å². The molecule has 0 aliphatic rings. The average Bonchev–Trinajstić information content (AvgIpc) is 2.66. The van der Waals surface area contributed by atoms with Crippen molar-refractivity contribution in [1.29, 1.82) is 5.26 Å². The zero-order valence-corrected chi connectivity index (χ0v) is 16.0. The summed E-state index contributed by atoms with van der Waals surface area (Å²) in [5, 5.41) is 24.7. The van der Waals surface area contributed by atoms with Crippen LogP contribution in [0.1, 0.15) is 23.6 Å². The molecule has 142 valence electrons. The molecule has 0 bridgehead atoms. The number of hydrogen-bond donors (Lipinski definition) is 2. The molecule has 0 aliphatic heterocycles. The highest BCUT2D eigenvalue weighted by molar-refractivity contribution is 6.31. The van der Waals surface area contributed by atoms with E-state index in [0.29, 0.717) is 16.5 Å². The quantitative estimate of drug-likeness (QED) is 0.568. The monoisotopic (exact) mass is 408 g/mol. The third kappa shape index (κ3) is 6.81. The first-order valence-electron chi connectivity index (χ1n) is 7.81. The van der Waals surface area contributed by atoms with Gasteiger partial charge in [0.15, 0.2) is 0 Å². The Labute approximate surface area is 167 Å². The van der Waals surface area contributed by atoms with Crippen LogP contribution in [0.5, 0.6) is 0 Å². The summed E-state index contributed by atoms with van der Waals surface area (Å²) < 4.78 is 0. The highest BCUT2D eigenvalue weighted by Crippen LogP contribution is 2.32. The maximum atomic E-state index is 9.29. The summed E-state index contributed by atoms with van der Waals surface area (Å²) in [5.74, 6) is -3.10. The summed E-state index contributed by atoms with van der Waals surface area (Å²) >= 11 is 12.0. The molecule has 0 radical (unpaired) electrons. The molecule has 0 saturated carbocycles. The summed E-state index contributed by atoms with van der Waals surface area (Å²) in [4.78, 5) is 20.3. The van der Waals surface area contributed by atoms with E-state index in [1.54, 1.807) is 12.1 Å². The van der Waals surface area contributed by atoms with E-state index in [0.717, 1.165) is 12.1 Å². The fourth-order valence-electron chi connectivity index (χ4n) is 2.42. The van der Waals surface area contributed by atoms with Crippen molar-refractivity contribution in [3.8, 4) is 6.07 Å². The summed E-state index contributed by atoms with van der Waals surface area (Å²) in [6, 6.07) is 17.8. The molecule has 2 aromatic carbocycles. The average molecular weight is 409 g/mol. The topological polar surface area (TPSA) is 102 Å². The molecule has 0 aromatic heterocycles. The second-order valence-corrected chi connectivity index (χ2v) is 6.21. The number of rotatable bonds is 5. The van der Waals surface area contributed by atoms with Crippen molar-refractivity contribution in [2.75, 3.05) is 17.8 Å². The van der Waals surface area contributed by atoms with E-state index >= 15 is 0 Å². The van der Waals surface area contributed by atoms with Crippen LogP contribution in [-0.2, 0) is 9.59 Å². The van der Waals surface area contributed by atoms with Gasteiger partial charge in [0.05, 0.1) is 17.3 Å². The molecule has 0 heterocycles. The van der Waals surface area contributed by atoms with E-state index in [9.17, 15) is 5.26 Å². The van der Waals surface area contributed by atoms with E-state index in [2.05, 4.69) is 23.1 Å². The predicted octanol–water partition coefficient (Wildman–Crippen LogP) is 4.17.